The molecule has 0 spiro atoms. The van der Waals surface area contributed by atoms with Gasteiger partial charge in [-0.1, -0.05) is 24.3 Å². The molecule has 9 nitrogen and oxygen atoms in total. The molecule has 7 N–H and O–H groups in total. The Morgan fingerprint density at radius 2 is 1.29 bits per heavy atom. The molecule has 1 aliphatic heterocycles. The van der Waals surface area contributed by atoms with Crippen LogP contribution in [0.5, 0.6) is 11.5 Å². The van der Waals surface area contributed by atoms with Gasteiger partial charge in [0.05, 0.1) is 18.8 Å². The first kappa shape index (κ1) is 26.4. The maximum absolute atomic E-state index is 10.7. The van der Waals surface area contributed by atoms with Gasteiger partial charge in [0.2, 0.25) is 0 Å². The predicted molar refractivity (Wildman–Crippen MR) is 122 cm³/mol. The van der Waals surface area contributed by atoms with Gasteiger partial charge in [0, 0.05) is 0 Å². The van der Waals surface area contributed by atoms with Crippen LogP contribution in [0.3, 0.4) is 0 Å². The number of phenolic OH excluding ortho intramolecular Hbond substituents is 2. The van der Waals surface area contributed by atoms with Gasteiger partial charge in [0.25, 0.3) is 0 Å². The molecule has 1 heterocycles. The average molecular weight is 479 g/mol. The summed E-state index contributed by atoms with van der Waals surface area (Å²) >= 11 is 0. The second kappa shape index (κ2) is 12.5. The summed E-state index contributed by atoms with van der Waals surface area (Å²) in [5.41, 5.74) is 1.91. The predicted octanol–water partition coefficient (Wildman–Crippen LogP) is 0.599. The highest BCUT2D eigenvalue weighted by Crippen LogP contribution is 2.26. The van der Waals surface area contributed by atoms with E-state index >= 15 is 0 Å². The van der Waals surface area contributed by atoms with Gasteiger partial charge in [-0.3, -0.25) is 0 Å². The highest BCUT2D eigenvalue weighted by Gasteiger charge is 2.44. The minimum absolute atomic E-state index is 0.155. The molecule has 0 unspecified atom stereocenters. The standard InChI is InChI=1S/C25H34O9/c26-14-21-22(30)23(31)24(32)25(34-21)33-20(12-6-16-3-9-18(28)10-4-16)13-19(29)11-5-15-1-7-17(27)8-2-15/h1-4,7-10,19-32H,5-6,11-14H2/t19-,20+,21-,22+,23-,24-,25+/m0/s1. The number of rotatable bonds is 11. The summed E-state index contributed by atoms with van der Waals surface area (Å²) in [7, 11) is 0. The number of hydrogen-bond acceptors (Lipinski definition) is 9. The molecule has 1 aliphatic rings. The maximum atomic E-state index is 10.7. The van der Waals surface area contributed by atoms with Gasteiger partial charge in [-0.25, -0.2) is 0 Å². The highest BCUT2D eigenvalue weighted by molar-refractivity contribution is 5.26. The number of aliphatic hydroxyl groups excluding tert-OH is 5. The smallest absolute Gasteiger partial charge is 0.186 e. The van der Waals surface area contributed by atoms with E-state index in [2.05, 4.69) is 0 Å². The summed E-state index contributed by atoms with van der Waals surface area (Å²) in [4.78, 5) is 0. The first-order chi connectivity index (χ1) is 16.3. The number of ether oxygens (including phenoxy) is 2. The van der Waals surface area contributed by atoms with Crippen molar-refractivity contribution in [3.05, 3.63) is 59.7 Å². The van der Waals surface area contributed by atoms with Crippen molar-refractivity contribution in [3.8, 4) is 11.5 Å². The van der Waals surface area contributed by atoms with Crippen LogP contribution in [-0.4, -0.2) is 85.3 Å². The number of aromatic hydroxyl groups is 2. The summed E-state index contributed by atoms with van der Waals surface area (Å²) in [6, 6.07) is 13.5. The molecule has 9 heteroatoms. The summed E-state index contributed by atoms with van der Waals surface area (Å²) < 4.78 is 11.4. The van der Waals surface area contributed by atoms with E-state index in [0.29, 0.717) is 25.7 Å². The maximum Gasteiger partial charge on any atom is 0.186 e. The van der Waals surface area contributed by atoms with Crippen molar-refractivity contribution >= 4 is 0 Å². The fourth-order valence-corrected chi connectivity index (χ4v) is 4.02. The van der Waals surface area contributed by atoms with Crippen LogP contribution in [0.1, 0.15) is 30.4 Å². The quantitative estimate of drug-likeness (QED) is 0.245. The summed E-state index contributed by atoms with van der Waals surface area (Å²) in [5.74, 6) is 0.328. The molecule has 1 saturated heterocycles. The zero-order valence-corrected chi connectivity index (χ0v) is 18.8. The SMILES string of the molecule is OC[C@@H]1O[C@@H](O[C@H](CCc2ccc(O)cc2)C[C@@H](O)CCc2ccc(O)cc2)[C@@H](O)[C@@H](O)[C@@H]1O. The van der Waals surface area contributed by atoms with Crippen molar-refractivity contribution in [2.24, 2.45) is 0 Å². The van der Waals surface area contributed by atoms with Gasteiger partial charge in [0.1, 0.15) is 35.9 Å². The number of aliphatic hydroxyl groups is 5. The zero-order valence-electron chi connectivity index (χ0n) is 18.8. The number of aryl methyl sites for hydroxylation is 2. The Morgan fingerprint density at radius 1 is 0.765 bits per heavy atom. The van der Waals surface area contributed by atoms with E-state index < -0.39 is 49.5 Å². The highest BCUT2D eigenvalue weighted by atomic mass is 16.7. The lowest BCUT2D eigenvalue weighted by Gasteiger charge is -2.41. The normalized spacial score (nSPS) is 26.8. The van der Waals surface area contributed by atoms with E-state index in [-0.39, 0.29) is 17.9 Å². The lowest BCUT2D eigenvalue weighted by atomic mass is 9.97. The molecule has 1 fully saturated rings. The second-order valence-electron chi connectivity index (χ2n) is 8.76. The lowest BCUT2D eigenvalue weighted by Crippen LogP contribution is -2.59. The molecule has 188 valence electrons. The van der Waals surface area contributed by atoms with Crippen molar-refractivity contribution < 1.29 is 45.2 Å². The van der Waals surface area contributed by atoms with Crippen molar-refractivity contribution in [2.75, 3.05) is 6.61 Å². The van der Waals surface area contributed by atoms with Gasteiger partial charge in [0.15, 0.2) is 6.29 Å². The molecular formula is C25H34O9. The Kier molecular flexibility index (Phi) is 9.66. The lowest BCUT2D eigenvalue weighted by molar-refractivity contribution is -0.313. The third-order valence-corrected chi connectivity index (χ3v) is 6.10. The molecular weight excluding hydrogens is 444 g/mol. The Morgan fingerprint density at radius 3 is 1.82 bits per heavy atom. The van der Waals surface area contributed by atoms with Gasteiger partial charge in [-0.2, -0.15) is 0 Å². The van der Waals surface area contributed by atoms with Gasteiger partial charge < -0.3 is 45.2 Å². The molecule has 0 bridgehead atoms. The van der Waals surface area contributed by atoms with E-state index in [0.717, 1.165) is 11.1 Å². The number of phenols is 2. The number of hydrogen-bond donors (Lipinski definition) is 7. The van der Waals surface area contributed by atoms with Crippen LogP contribution >= 0.6 is 0 Å². The average Bonchev–Trinajstić information content (AvgIpc) is 2.83. The van der Waals surface area contributed by atoms with Gasteiger partial charge in [-0.15, -0.1) is 0 Å². The van der Waals surface area contributed by atoms with Crippen molar-refractivity contribution in [1.82, 2.24) is 0 Å². The molecule has 0 aromatic heterocycles. The summed E-state index contributed by atoms with van der Waals surface area (Å²) in [5, 5.41) is 69.4. The fraction of sp³-hybridized carbons (Fsp3) is 0.520. The number of benzene rings is 2. The van der Waals surface area contributed by atoms with Crippen LogP contribution < -0.4 is 0 Å². The Labute approximate surface area is 198 Å². The molecule has 0 amide bonds. The molecule has 0 aliphatic carbocycles. The van der Waals surface area contributed by atoms with Crippen molar-refractivity contribution in [1.29, 1.82) is 0 Å². The minimum Gasteiger partial charge on any atom is -0.508 e. The Balaban J connectivity index is 1.64. The first-order valence-corrected chi connectivity index (χ1v) is 11.5. The van der Waals surface area contributed by atoms with E-state index in [4.69, 9.17) is 9.47 Å². The van der Waals surface area contributed by atoms with E-state index in [9.17, 15) is 35.7 Å². The van der Waals surface area contributed by atoms with Crippen LogP contribution in [-0.2, 0) is 22.3 Å². The van der Waals surface area contributed by atoms with E-state index in [1.54, 1.807) is 48.5 Å². The van der Waals surface area contributed by atoms with Gasteiger partial charge >= 0.3 is 0 Å². The fourth-order valence-electron chi connectivity index (χ4n) is 4.02. The van der Waals surface area contributed by atoms with Crippen LogP contribution in [0.4, 0.5) is 0 Å². The van der Waals surface area contributed by atoms with Crippen LogP contribution in [0, 0.1) is 0 Å². The van der Waals surface area contributed by atoms with Crippen molar-refractivity contribution in [3.63, 3.8) is 0 Å². The van der Waals surface area contributed by atoms with Crippen LogP contribution in [0.15, 0.2) is 48.5 Å². The third kappa shape index (κ3) is 7.38. The molecule has 0 radical (unpaired) electrons. The molecule has 7 atom stereocenters. The third-order valence-electron chi connectivity index (χ3n) is 6.10. The second-order valence-corrected chi connectivity index (χ2v) is 8.76. The molecule has 2 aromatic carbocycles. The summed E-state index contributed by atoms with van der Waals surface area (Å²) in [6.07, 6.45) is -5.94. The largest absolute Gasteiger partial charge is 0.508 e. The molecule has 3 rings (SSSR count). The van der Waals surface area contributed by atoms with Gasteiger partial charge in [-0.05, 0) is 67.5 Å². The topological polar surface area (TPSA) is 160 Å². The summed E-state index contributed by atoms with van der Waals surface area (Å²) in [6.45, 7) is -0.557. The van der Waals surface area contributed by atoms with Crippen LogP contribution in [0.2, 0.25) is 0 Å². The monoisotopic (exact) mass is 478 g/mol. The Hall–Kier alpha value is -2.24. The zero-order chi connectivity index (χ0) is 24.7. The minimum atomic E-state index is -1.55. The van der Waals surface area contributed by atoms with E-state index in [1.165, 1.54) is 0 Å². The van der Waals surface area contributed by atoms with Crippen molar-refractivity contribution in [2.45, 2.75) is 75.0 Å². The Bertz CT molecular complexity index is 856. The molecule has 34 heavy (non-hydrogen) atoms. The van der Waals surface area contributed by atoms with E-state index in [1.807, 2.05) is 0 Å². The molecule has 2 aromatic rings. The van der Waals surface area contributed by atoms with Crippen LogP contribution in [0.25, 0.3) is 0 Å². The first-order valence-electron chi connectivity index (χ1n) is 11.5. The molecule has 0 saturated carbocycles.